The van der Waals surface area contributed by atoms with Gasteiger partial charge in [0, 0.05) is 17.3 Å². The van der Waals surface area contributed by atoms with Crippen LogP contribution >= 0.6 is 0 Å². The number of nitrogens with one attached hydrogen (secondary N) is 2. The summed E-state index contributed by atoms with van der Waals surface area (Å²) in [6.07, 6.45) is 3.11. The lowest BCUT2D eigenvalue weighted by atomic mass is 10.2. The molecule has 8 heteroatoms. The molecule has 150 valence electrons. The predicted octanol–water partition coefficient (Wildman–Crippen LogP) is 3.55. The van der Waals surface area contributed by atoms with Crippen molar-refractivity contribution in [3.8, 4) is 5.75 Å². The SMILES string of the molecule is O=C(Nc1cccc(S(=O)(=O)NC2CC2)c1)c1occc1COc1ccccc1. The Labute approximate surface area is 168 Å². The lowest BCUT2D eigenvalue weighted by Gasteiger charge is -2.09. The predicted molar refractivity (Wildman–Crippen MR) is 107 cm³/mol. The second-order valence-corrected chi connectivity index (χ2v) is 8.47. The average molecular weight is 412 g/mol. The minimum atomic E-state index is -3.60. The van der Waals surface area contributed by atoms with Crippen LogP contribution in [0.2, 0.25) is 0 Å². The van der Waals surface area contributed by atoms with Crippen LogP contribution in [0.1, 0.15) is 29.0 Å². The summed E-state index contributed by atoms with van der Waals surface area (Å²) in [4.78, 5) is 12.7. The molecule has 4 rings (SSSR count). The highest BCUT2D eigenvalue weighted by Gasteiger charge is 2.28. The number of hydrogen-bond donors (Lipinski definition) is 2. The van der Waals surface area contributed by atoms with E-state index in [1.54, 1.807) is 18.2 Å². The van der Waals surface area contributed by atoms with Crippen molar-refractivity contribution in [1.29, 1.82) is 0 Å². The molecule has 0 aliphatic heterocycles. The third-order valence-electron chi connectivity index (χ3n) is 4.39. The summed E-state index contributed by atoms with van der Waals surface area (Å²) in [5.41, 5.74) is 0.950. The molecule has 0 atom stereocenters. The Morgan fingerprint density at radius 1 is 1.07 bits per heavy atom. The van der Waals surface area contributed by atoms with Crippen LogP contribution in [-0.2, 0) is 16.6 Å². The van der Waals surface area contributed by atoms with Crippen LogP contribution in [0.5, 0.6) is 5.75 Å². The van der Waals surface area contributed by atoms with E-state index >= 15 is 0 Å². The number of sulfonamides is 1. The summed E-state index contributed by atoms with van der Waals surface area (Å²) < 4.78 is 38.3. The summed E-state index contributed by atoms with van der Waals surface area (Å²) in [7, 11) is -3.60. The first kappa shape index (κ1) is 19.2. The number of ether oxygens (including phenoxy) is 1. The van der Waals surface area contributed by atoms with Gasteiger partial charge >= 0.3 is 0 Å². The van der Waals surface area contributed by atoms with Crippen molar-refractivity contribution in [2.75, 3.05) is 5.32 Å². The van der Waals surface area contributed by atoms with Crippen molar-refractivity contribution >= 4 is 21.6 Å². The Morgan fingerprint density at radius 2 is 1.86 bits per heavy atom. The molecule has 1 aliphatic rings. The second kappa shape index (κ2) is 8.10. The Bertz CT molecular complexity index is 1100. The quantitative estimate of drug-likeness (QED) is 0.590. The third-order valence-corrected chi connectivity index (χ3v) is 5.91. The molecule has 0 spiro atoms. The topological polar surface area (TPSA) is 97.6 Å². The minimum absolute atomic E-state index is 0.00791. The van der Waals surface area contributed by atoms with Crippen LogP contribution < -0.4 is 14.8 Å². The molecule has 0 radical (unpaired) electrons. The standard InChI is InChI=1S/C21H20N2O5S/c24-21(20-15(11-12-27-20)14-28-18-6-2-1-3-7-18)22-17-5-4-8-19(13-17)29(25,26)23-16-9-10-16/h1-8,11-13,16,23H,9-10,14H2,(H,22,24). The molecule has 1 fully saturated rings. The first-order valence-corrected chi connectivity index (χ1v) is 10.7. The molecule has 0 bridgehead atoms. The van der Waals surface area contributed by atoms with E-state index in [0.29, 0.717) is 17.0 Å². The highest BCUT2D eigenvalue weighted by Crippen LogP contribution is 2.24. The van der Waals surface area contributed by atoms with Crippen LogP contribution in [-0.4, -0.2) is 20.4 Å². The largest absolute Gasteiger partial charge is 0.489 e. The lowest BCUT2D eigenvalue weighted by Crippen LogP contribution is -2.25. The van der Waals surface area contributed by atoms with Crippen molar-refractivity contribution in [2.45, 2.75) is 30.4 Å². The maximum absolute atomic E-state index is 12.6. The Kier molecular flexibility index (Phi) is 5.37. The molecular formula is C21H20N2O5S. The number of hydrogen-bond acceptors (Lipinski definition) is 5. The molecule has 1 heterocycles. The van der Waals surface area contributed by atoms with Gasteiger partial charge in [-0.15, -0.1) is 0 Å². The lowest BCUT2D eigenvalue weighted by molar-refractivity contribution is 0.0993. The smallest absolute Gasteiger partial charge is 0.291 e. The molecule has 0 saturated heterocycles. The molecule has 2 N–H and O–H groups in total. The van der Waals surface area contributed by atoms with Crippen molar-refractivity contribution in [1.82, 2.24) is 4.72 Å². The molecule has 1 amide bonds. The Balaban J connectivity index is 1.45. The average Bonchev–Trinajstić information content (AvgIpc) is 3.39. The molecule has 29 heavy (non-hydrogen) atoms. The molecule has 7 nitrogen and oxygen atoms in total. The molecule has 1 aromatic heterocycles. The van der Waals surface area contributed by atoms with Gasteiger partial charge in [0.05, 0.1) is 11.2 Å². The van der Waals surface area contributed by atoms with Gasteiger partial charge in [0.25, 0.3) is 5.91 Å². The van der Waals surface area contributed by atoms with Gasteiger partial charge in [-0.3, -0.25) is 4.79 Å². The molecule has 2 aromatic carbocycles. The normalized spacial score (nSPS) is 13.8. The van der Waals surface area contributed by atoms with Gasteiger partial charge in [0.15, 0.2) is 5.76 Å². The van der Waals surface area contributed by atoms with Crippen LogP contribution in [0.3, 0.4) is 0 Å². The van der Waals surface area contributed by atoms with E-state index in [1.165, 1.54) is 18.4 Å². The summed E-state index contributed by atoms with van der Waals surface area (Å²) in [6.45, 7) is 0.170. The number of carbonyl (C=O) groups excluding carboxylic acids is 1. The monoisotopic (exact) mass is 412 g/mol. The van der Waals surface area contributed by atoms with Crippen molar-refractivity contribution in [2.24, 2.45) is 0 Å². The molecule has 1 saturated carbocycles. The third kappa shape index (κ3) is 4.85. The van der Waals surface area contributed by atoms with Gasteiger partial charge in [-0.2, -0.15) is 0 Å². The van der Waals surface area contributed by atoms with E-state index in [-0.39, 0.29) is 23.3 Å². The van der Waals surface area contributed by atoms with Crippen molar-refractivity contribution < 1.29 is 22.4 Å². The molecule has 0 unspecified atom stereocenters. The van der Waals surface area contributed by atoms with Crippen LogP contribution in [0.15, 0.2) is 76.2 Å². The highest BCUT2D eigenvalue weighted by molar-refractivity contribution is 7.89. The zero-order chi connectivity index (χ0) is 20.3. The van der Waals surface area contributed by atoms with Gasteiger partial charge in [-0.25, -0.2) is 13.1 Å². The zero-order valence-corrected chi connectivity index (χ0v) is 16.3. The maximum atomic E-state index is 12.6. The summed E-state index contributed by atoms with van der Waals surface area (Å²) >= 11 is 0. The fourth-order valence-corrected chi connectivity index (χ4v) is 4.09. The number of benzene rings is 2. The van der Waals surface area contributed by atoms with Gasteiger partial charge < -0.3 is 14.5 Å². The fourth-order valence-electron chi connectivity index (χ4n) is 2.74. The number of anilines is 1. The van der Waals surface area contributed by atoms with Crippen LogP contribution in [0.25, 0.3) is 0 Å². The summed E-state index contributed by atoms with van der Waals surface area (Å²) in [5.74, 6) is 0.317. The van der Waals surface area contributed by atoms with Crippen molar-refractivity contribution in [3.63, 3.8) is 0 Å². The maximum Gasteiger partial charge on any atom is 0.291 e. The van der Waals surface area contributed by atoms with E-state index in [2.05, 4.69) is 10.0 Å². The molecular weight excluding hydrogens is 392 g/mol. The minimum Gasteiger partial charge on any atom is -0.489 e. The van der Waals surface area contributed by atoms with Gasteiger partial charge in [0.1, 0.15) is 12.4 Å². The zero-order valence-electron chi connectivity index (χ0n) is 15.5. The Morgan fingerprint density at radius 3 is 2.62 bits per heavy atom. The van der Waals surface area contributed by atoms with E-state index < -0.39 is 15.9 Å². The van der Waals surface area contributed by atoms with E-state index in [1.807, 2.05) is 30.3 Å². The van der Waals surface area contributed by atoms with Gasteiger partial charge in [0.2, 0.25) is 10.0 Å². The number of para-hydroxylation sites is 1. The van der Waals surface area contributed by atoms with Crippen LogP contribution in [0, 0.1) is 0 Å². The fraction of sp³-hybridized carbons (Fsp3) is 0.190. The van der Waals surface area contributed by atoms with Crippen molar-refractivity contribution in [3.05, 3.63) is 78.3 Å². The summed E-state index contributed by atoms with van der Waals surface area (Å²) in [5, 5.41) is 2.68. The van der Waals surface area contributed by atoms with E-state index in [0.717, 1.165) is 12.8 Å². The van der Waals surface area contributed by atoms with E-state index in [9.17, 15) is 13.2 Å². The Hall–Kier alpha value is -3.10. The first-order valence-electron chi connectivity index (χ1n) is 9.19. The first-order chi connectivity index (χ1) is 14.0. The number of carbonyl (C=O) groups is 1. The van der Waals surface area contributed by atoms with Gasteiger partial charge in [-0.05, 0) is 49.2 Å². The second-order valence-electron chi connectivity index (χ2n) is 6.75. The number of rotatable bonds is 8. The number of amides is 1. The molecule has 3 aromatic rings. The van der Waals surface area contributed by atoms with E-state index in [4.69, 9.17) is 9.15 Å². The van der Waals surface area contributed by atoms with Gasteiger partial charge in [-0.1, -0.05) is 24.3 Å². The highest BCUT2D eigenvalue weighted by atomic mass is 32.2. The van der Waals surface area contributed by atoms with Crippen LogP contribution in [0.4, 0.5) is 5.69 Å². The number of furan rings is 1. The summed E-state index contributed by atoms with van der Waals surface area (Å²) in [6, 6.07) is 17.0. The molecule has 1 aliphatic carbocycles.